The fourth-order valence-electron chi connectivity index (χ4n) is 14.9. The smallest absolute Gasteiger partial charge is 0.220 e. The molecule has 0 saturated heterocycles. The predicted octanol–water partition coefficient (Wildman–Crippen LogP) is 19.9. The molecule has 0 aromatic carbocycles. The molecule has 13 heteroatoms. The normalized spacial score (nSPS) is 18.4. The molecule has 2 rings (SSSR count). The summed E-state index contributed by atoms with van der Waals surface area (Å²) < 4.78 is 0. The molecule has 0 bridgehead atoms. The lowest BCUT2D eigenvalue weighted by molar-refractivity contribution is -0.124. The van der Waals surface area contributed by atoms with Gasteiger partial charge in [-0.2, -0.15) is 0 Å². The van der Waals surface area contributed by atoms with Gasteiger partial charge in [-0.1, -0.05) is 290 Å². The molecule has 6 unspecified atom stereocenters. The van der Waals surface area contributed by atoms with E-state index in [0.29, 0.717) is 81.7 Å². The lowest BCUT2D eigenvalue weighted by Crippen LogP contribution is -2.42. The van der Waals surface area contributed by atoms with Crippen LogP contribution in [0.5, 0.6) is 0 Å². The van der Waals surface area contributed by atoms with Gasteiger partial charge < -0.3 is 46.4 Å². The third kappa shape index (κ3) is 56.6. The van der Waals surface area contributed by atoms with E-state index >= 15 is 0 Å². The van der Waals surface area contributed by atoms with E-state index in [-0.39, 0.29) is 48.6 Å². The molecular weight excluding hydrogens is 1200 g/mol. The zero-order chi connectivity index (χ0) is 70.2. The molecule has 0 spiro atoms. The molecule has 2 fully saturated rings. The summed E-state index contributed by atoms with van der Waals surface area (Å²) >= 11 is 0. The van der Waals surface area contributed by atoms with Crippen LogP contribution in [0.15, 0.2) is 0 Å². The molecule has 0 aromatic rings. The van der Waals surface area contributed by atoms with Crippen molar-refractivity contribution in [2.24, 2.45) is 11.8 Å². The zero-order valence-electron chi connectivity index (χ0n) is 63.2. The molecule has 2 amide bonds. The van der Waals surface area contributed by atoms with Gasteiger partial charge in [0.05, 0.1) is 36.6 Å². The number of carbonyl (C=O) groups is 4. The van der Waals surface area contributed by atoms with Crippen molar-refractivity contribution in [3.05, 3.63) is 0 Å². The first-order valence-corrected chi connectivity index (χ1v) is 42.1. The number of carbonyl (C=O) groups excluding carboxylic acids is 4. The van der Waals surface area contributed by atoms with E-state index in [1.807, 2.05) is 0 Å². The molecule has 2 aliphatic carbocycles. The van der Waals surface area contributed by atoms with Gasteiger partial charge >= 0.3 is 0 Å². The minimum absolute atomic E-state index is 0.0950. The number of unbranched alkanes of at least 4 members (excludes halogenated alkanes) is 35. The van der Waals surface area contributed by atoms with Gasteiger partial charge in [0.2, 0.25) is 11.8 Å². The number of rotatable bonds is 68. The Morgan fingerprint density at radius 3 is 0.812 bits per heavy atom. The molecule has 0 radical (unpaired) electrons. The summed E-state index contributed by atoms with van der Waals surface area (Å²) in [6.07, 6.45) is 63.9. The van der Waals surface area contributed by atoms with Gasteiger partial charge in [0.15, 0.2) is 0 Å². The van der Waals surface area contributed by atoms with E-state index < -0.39 is 24.4 Å². The summed E-state index contributed by atoms with van der Waals surface area (Å²) in [5.41, 5.74) is 0. The number of amides is 2. The molecule has 13 nitrogen and oxygen atoms in total. The number of hydrogen-bond acceptors (Lipinski definition) is 11. The second kappa shape index (κ2) is 67.5. The van der Waals surface area contributed by atoms with Crippen LogP contribution in [0.4, 0.5) is 0 Å². The Balaban J connectivity index is 0.000000960. The van der Waals surface area contributed by atoms with E-state index in [4.69, 9.17) is 5.11 Å². The summed E-state index contributed by atoms with van der Waals surface area (Å²) in [4.78, 5) is 51.0. The summed E-state index contributed by atoms with van der Waals surface area (Å²) in [6, 6.07) is 0.296. The van der Waals surface area contributed by atoms with E-state index in [2.05, 4.69) is 31.4 Å². The minimum Gasteiger partial charge on any atom is -0.396 e. The van der Waals surface area contributed by atoms with Crippen molar-refractivity contribution in [2.45, 2.75) is 487 Å². The third-order valence-electron chi connectivity index (χ3n) is 21.5. The maximum atomic E-state index is 12.8. The molecule has 2 aliphatic rings. The Kier molecular flexibility index (Phi) is 64.7. The average molecular weight is 1360 g/mol. The maximum absolute atomic E-state index is 12.8. The summed E-state index contributed by atoms with van der Waals surface area (Å²) in [7, 11) is 0. The second-order valence-corrected chi connectivity index (χ2v) is 30.7. The average Bonchev–Trinajstić information content (AvgIpc) is 1.02. The monoisotopic (exact) mass is 1360 g/mol. The molecule has 9 N–H and O–H groups in total. The van der Waals surface area contributed by atoms with Crippen molar-refractivity contribution in [3.8, 4) is 0 Å². The molecule has 568 valence electrons. The van der Waals surface area contributed by atoms with E-state index in [1.165, 1.54) is 141 Å². The summed E-state index contributed by atoms with van der Waals surface area (Å²) in [6.45, 7) is 6.86. The molecule has 2 saturated carbocycles. The molecule has 0 aliphatic heterocycles. The highest BCUT2D eigenvalue weighted by atomic mass is 16.3. The zero-order valence-corrected chi connectivity index (χ0v) is 63.2. The van der Waals surface area contributed by atoms with Crippen LogP contribution in [0.3, 0.4) is 0 Å². The van der Waals surface area contributed by atoms with Crippen molar-refractivity contribution in [2.75, 3.05) is 6.61 Å². The van der Waals surface area contributed by atoms with Gasteiger partial charge in [0, 0.05) is 57.2 Å². The van der Waals surface area contributed by atoms with E-state index in [0.717, 1.165) is 212 Å². The molecule has 0 heterocycles. The topological polar surface area (TPSA) is 234 Å². The van der Waals surface area contributed by atoms with Gasteiger partial charge in [0.1, 0.15) is 11.6 Å². The number of ketones is 2. The quantitative estimate of drug-likeness (QED) is 0.0260. The Bertz CT molecular complexity index is 1620. The number of aliphatic hydroxyl groups excluding tert-OH is 7. The minimum atomic E-state index is -0.667. The maximum Gasteiger partial charge on any atom is 0.220 e. The molecule has 96 heavy (non-hydrogen) atoms. The highest BCUT2D eigenvalue weighted by Gasteiger charge is 2.30. The van der Waals surface area contributed by atoms with Crippen LogP contribution in [0.1, 0.15) is 438 Å². The van der Waals surface area contributed by atoms with Crippen LogP contribution < -0.4 is 10.6 Å². The van der Waals surface area contributed by atoms with Crippen molar-refractivity contribution < 1.29 is 54.9 Å². The number of aliphatic hydroxyl groups is 7. The second-order valence-electron chi connectivity index (χ2n) is 30.7. The van der Waals surface area contributed by atoms with E-state index in [9.17, 15) is 49.8 Å². The largest absolute Gasteiger partial charge is 0.396 e. The fourth-order valence-corrected chi connectivity index (χ4v) is 14.9. The van der Waals surface area contributed by atoms with Crippen LogP contribution in [0, 0.1) is 11.8 Å². The SMILES string of the molecule is CCCCCCC(O)CCCCCCCCCCC(=O)C[C@@H]1CCCC[C@@H]1NC(=O)CCCCCCCCCCC(O)CCCCCC.CCCCCCCC(O)C(O)CCCCCCCC(=O)N[C@H]1CCCC[C@H]1CC(=O)CCCCCCCC(O)C(O)CCCCCCO. The van der Waals surface area contributed by atoms with Crippen molar-refractivity contribution in [1.82, 2.24) is 10.6 Å². The lowest BCUT2D eigenvalue weighted by Gasteiger charge is -2.32. The summed E-state index contributed by atoms with van der Waals surface area (Å²) in [5, 5.41) is 76.4. The number of Topliss-reactive ketones (excluding diaryl/α,β-unsaturated/α-hetero) is 2. The van der Waals surface area contributed by atoms with Crippen LogP contribution in [0.2, 0.25) is 0 Å². The highest BCUT2D eigenvalue weighted by molar-refractivity contribution is 5.80. The first-order valence-electron chi connectivity index (χ1n) is 42.1. The van der Waals surface area contributed by atoms with Crippen LogP contribution >= 0.6 is 0 Å². The number of nitrogens with one attached hydrogen (secondary N) is 2. The van der Waals surface area contributed by atoms with Crippen molar-refractivity contribution in [1.29, 1.82) is 0 Å². The van der Waals surface area contributed by atoms with Gasteiger partial charge in [-0.3, -0.25) is 19.2 Å². The van der Waals surface area contributed by atoms with Gasteiger partial charge in [0.25, 0.3) is 0 Å². The standard InChI is InChI=1S/C43H83NO4.C40H77NO7/c1-3-5-7-21-30-39(45)32-23-17-13-9-10-15-19-25-34-41(47)37-38-29-27-28-35-42(38)44-43(48)36-26-20-16-12-11-14-18-24-33-40(46)31-22-8-6-4-2;1-2-3-4-7-15-26-36(44)37(45)28-17-10-6-11-19-30-40(48)41-35-25-21-20-23-33(35)32-34(43)24-14-8-5-9-16-27-38(46)39(47)29-18-12-13-22-31-42/h38-40,42,45-46H,3-37H2,1-2H3,(H,44,48);33,35-39,42,44-47H,2-32H2,1H3,(H,41,48)/t38-,39?,40?,42-;33-,35-,36?,37?,38?,39?/m00/s1. The Morgan fingerprint density at radius 2 is 0.521 bits per heavy atom. The van der Waals surface area contributed by atoms with Crippen LogP contribution in [0.25, 0.3) is 0 Å². The lowest BCUT2D eigenvalue weighted by atomic mass is 9.80. The Labute approximate surface area is 591 Å². The molecular formula is C83H160N2O11. The van der Waals surface area contributed by atoms with Gasteiger partial charge in [-0.05, 0) is 121 Å². The predicted molar refractivity (Wildman–Crippen MR) is 401 cm³/mol. The first kappa shape index (κ1) is 92.0. The Morgan fingerprint density at radius 1 is 0.292 bits per heavy atom. The highest BCUT2D eigenvalue weighted by Crippen LogP contribution is 2.31. The fraction of sp³-hybridized carbons (Fsp3) is 0.952. The van der Waals surface area contributed by atoms with Crippen LogP contribution in [-0.4, -0.2) is 114 Å². The first-order chi connectivity index (χ1) is 46.7. The molecule has 0 aromatic heterocycles. The summed E-state index contributed by atoms with van der Waals surface area (Å²) in [5.74, 6) is 1.57. The molecule has 10 atom stereocenters. The van der Waals surface area contributed by atoms with E-state index in [1.54, 1.807) is 0 Å². The Hall–Kier alpha value is -2.00. The van der Waals surface area contributed by atoms with Gasteiger partial charge in [-0.25, -0.2) is 0 Å². The third-order valence-corrected chi connectivity index (χ3v) is 21.5. The van der Waals surface area contributed by atoms with Crippen LogP contribution in [-0.2, 0) is 19.2 Å². The van der Waals surface area contributed by atoms with Gasteiger partial charge in [-0.15, -0.1) is 0 Å². The van der Waals surface area contributed by atoms with Crippen molar-refractivity contribution >= 4 is 23.4 Å². The number of hydrogen-bond donors (Lipinski definition) is 9. The van der Waals surface area contributed by atoms with Crippen molar-refractivity contribution in [3.63, 3.8) is 0 Å².